The highest BCUT2D eigenvalue weighted by Crippen LogP contribution is 2.45. The third-order valence-electron chi connectivity index (χ3n) is 7.93. The van der Waals surface area contributed by atoms with Gasteiger partial charge in [-0.05, 0) is 55.9 Å². The van der Waals surface area contributed by atoms with Crippen molar-refractivity contribution < 1.29 is 37.7 Å². The molecule has 1 aliphatic heterocycles. The molecule has 10 heteroatoms. The second-order valence-corrected chi connectivity index (χ2v) is 12.0. The number of carbonyl (C=O) groups excluding carboxylic acids is 2. The molecular weight excluding hydrogens is 522 g/mol. The Bertz CT molecular complexity index is 1270. The molecule has 0 spiro atoms. The van der Waals surface area contributed by atoms with E-state index in [1.54, 1.807) is 20.8 Å². The molecule has 1 N–H and O–H groups in total. The van der Waals surface area contributed by atoms with Crippen molar-refractivity contribution >= 4 is 18.2 Å². The van der Waals surface area contributed by atoms with Crippen LogP contribution >= 0.6 is 0 Å². The standard InChI is InChI=1S/C30H34F2N2O6/c1-28(2,3)40-26(37)33-17-29(18-33,25(35)36)34(19-9-8-14-30(31,32)15-19)27(38)39-16-24-22-12-6-4-10-20(22)21-11-5-7-13-23(21)24/h4-7,10-13,19,24H,8-9,14-18H2,1-3H3,(H,35,36). The Hall–Kier alpha value is -3.69. The van der Waals surface area contributed by atoms with Gasteiger partial charge in [-0.1, -0.05) is 48.5 Å². The van der Waals surface area contributed by atoms with Gasteiger partial charge in [-0.15, -0.1) is 0 Å². The summed E-state index contributed by atoms with van der Waals surface area (Å²) in [5.41, 5.74) is 1.28. The minimum absolute atomic E-state index is 0.0854. The third-order valence-corrected chi connectivity index (χ3v) is 7.93. The number of carboxylic acid groups (broad SMARTS) is 1. The number of hydrogen-bond donors (Lipinski definition) is 1. The lowest BCUT2D eigenvalue weighted by Crippen LogP contribution is -2.78. The van der Waals surface area contributed by atoms with Crippen molar-refractivity contribution in [2.45, 2.75) is 75.5 Å². The first-order valence-corrected chi connectivity index (χ1v) is 13.5. The molecule has 3 aliphatic rings. The van der Waals surface area contributed by atoms with Crippen LogP contribution in [-0.2, 0) is 14.3 Å². The molecule has 1 saturated carbocycles. The number of hydrogen-bond acceptors (Lipinski definition) is 5. The highest BCUT2D eigenvalue weighted by Gasteiger charge is 2.61. The number of amides is 2. The van der Waals surface area contributed by atoms with Crippen molar-refractivity contribution in [2.24, 2.45) is 0 Å². The molecule has 2 aromatic carbocycles. The molecule has 0 aromatic heterocycles. The van der Waals surface area contributed by atoms with Gasteiger partial charge in [-0.2, -0.15) is 0 Å². The van der Waals surface area contributed by atoms with Crippen LogP contribution in [0.15, 0.2) is 48.5 Å². The van der Waals surface area contributed by atoms with E-state index in [1.165, 1.54) is 4.90 Å². The fraction of sp³-hybridized carbons (Fsp3) is 0.500. The van der Waals surface area contributed by atoms with Crippen molar-refractivity contribution in [3.63, 3.8) is 0 Å². The van der Waals surface area contributed by atoms with E-state index in [0.717, 1.165) is 27.2 Å². The predicted octanol–water partition coefficient (Wildman–Crippen LogP) is 5.89. The first kappa shape index (κ1) is 27.9. The molecule has 2 amide bonds. The summed E-state index contributed by atoms with van der Waals surface area (Å²) in [6.45, 7) is 4.19. The van der Waals surface area contributed by atoms with Crippen molar-refractivity contribution in [3.8, 4) is 11.1 Å². The summed E-state index contributed by atoms with van der Waals surface area (Å²) in [6, 6.07) is 14.5. The van der Waals surface area contributed by atoms with E-state index >= 15 is 0 Å². The number of likely N-dealkylation sites (tertiary alicyclic amines) is 1. The number of carbonyl (C=O) groups is 3. The number of rotatable bonds is 5. The molecule has 2 aliphatic carbocycles. The lowest BCUT2D eigenvalue weighted by atomic mass is 9.82. The number of alkyl halides is 2. The SMILES string of the molecule is CC(C)(C)OC(=O)N1CC(C(=O)O)(N(C(=O)OCC2c3ccccc3-c3ccccc32)C2CCCC(F)(F)C2)C1. The Morgan fingerprint density at radius 2 is 1.60 bits per heavy atom. The Labute approximate surface area is 231 Å². The molecule has 1 heterocycles. The molecule has 40 heavy (non-hydrogen) atoms. The molecule has 1 saturated heterocycles. The highest BCUT2D eigenvalue weighted by molar-refractivity contribution is 5.89. The average molecular weight is 557 g/mol. The summed E-state index contributed by atoms with van der Waals surface area (Å²) < 4.78 is 40.2. The van der Waals surface area contributed by atoms with Crippen LogP contribution in [0.5, 0.6) is 0 Å². The van der Waals surface area contributed by atoms with Gasteiger partial charge in [0.05, 0.1) is 13.1 Å². The molecule has 1 unspecified atom stereocenters. The Morgan fingerprint density at radius 1 is 1.02 bits per heavy atom. The number of halogens is 2. The average Bonchev–Trinajstić information content (AvgIpc) is 3.16. The van der Waals surface area contributed by atoms with Crippen LogP contribution in [0.2, 0.25) is 0 Å². The van der Waals surface area contributed by atoms with E-state index in [-0.39, 0.29) is 44.9 Å². The smallest absolute Gasteiger partial charge is 0.411 e. The maximum absolute atomic E-state index is 14.5. The van der Waals surface area contributed by atoms with E-state index in [0.29, 0.717) is 0 Å². The number of benzene rings is 2. The minimum Gasteiger partial charge on any atom is -0.479 e. The van der Waals surface area contributed by atoms with E-state index in [1.807, 2.05) is 48.5 Å². The number of fused-ring (bicyclic) bond motifs is 3. The van der Waals surface area contributed by atoms with E-state index in [9.17, 15) is 28.3 Å². The quantitative estimate of drug-likeness (QED) is 0.494. The fourth-order valence-corrected chi connectivity index (χ4v) is 6.13. The van der Waals surface area contributed by atoms with Crippen LogP contribution in [0.1, 0.15) is 63.5 Å². The van der Waals surface area contributed by atoms with Gasteiger partial charge >= 0.3 is 18.2 Å². The monoisotopic (exact) mass is 556 g/mol. The Morgan fingerprint density at radius 3 is 2.12 bits per heavy atom. The van der Waals surface area contributed by atoms with E-state index in [2.05, 4.69) is 0 Å². The molecule has 2 fully saturated rings. The molecule has 8 nitrogen and oxygen atoms in total. The summed E-state index contributed by atoms with van der Waals surface area (Å²) in [4.78, 5) is 41.2. The normalized spacial score (nSPS) is 21.0. The van der Waals surface area contributed by atoms with Crippen LogP contribution in [0.3, 0.4) is 0 Å². The van der Waals surface area contributed by atoms with Gasteiger partial charge in [0.1, 0.15) is 12.2 Å². The van der Waals surface area contributed by atoms with Gasteiger partial charge in [-0.25, -0.2) is 23.2 Å². The van der Waals surface area contributed by atoms with Gasteiger partial charge in [-0.3, -0.25) is 4.90 Å². The summed E-state index contributed by atoms with van der Waals surface area (Å²) in [5, 5.41) is 10.3. The summed E-state index contributed by atoms with van der Waals surface area (Å²) in [5.74, 6) is -4.71. The maximum Gasteiger partial charge on any atom is 0.411 e. The van der Waals surface area contributed by atoms with E-state index in [4.69, 9.17) is 9.47 Å². The zero-order valence-electron chi connectivity index (χ0n) is 22.9. The molecule has 1 atom stereocenters. The van der Waals surface area contributed by atoms with Gasteiger partial charge in [0.25, 0.3) is 0 Å². The molecule has 5 rings (SSSR count). The van der Waals surface area contributed by atoms with Crippen molar-refractivity contribution in [1.29, 1.82) is 0 Å². The third kappa shape index (κ3) is 5.11. The first-order chi connectivity index (χ1) is 18.8. The highest BCUT2D eigenvalue weighted by atomic mass is 19.3. The number of aliphatic carboxylic acids is 1. The van der Waals surface area contributed by atoms with Crippen LogP contribution < -0.4 is 0 Å². The van der Waals surface area contributed by atoms with Gasteiger partial charge < -0.3 is 19.5 Å². The van der Waals surface area contributed by atoms with Gasteiger partial charge in [0, 0.05) is 24.8 Å². The second kappa shape index (κ2) is 10.1. The molecular formula is C30H34F2N2O6. The summed E-state index contributed by atoms with van der Waals surface area (Å²) in [6.07, 6.45) is -2.36. The van der Waals surface area contributed by atoms with Crippen LogP contribution in [0, 0.1) is 0 Å². The molecule has 214 valence electrons. The number of nitrogens with zero attached hydrogens (tertiary/aromatic N) is 2. The minimum atomic E-state index is -3.04. The Balaban J connectivity index is 1.41. The summed E-state index contributed by atoms with van der Waals surface area (Å²) in [7, 11) is 0. The van der Waals surface area contributed by atoms with Crippen LogP contribution in [0.4, 0.5) is 18.4 Å². The molecule has 0 bridgehead atoms. The maximum atomic E-state index is 14.5. The number of carboxylic acids is 1. The number of ether oxygens (including phenoxy) is 2. The lowest BCUT2D eigenvalue weighted by Gasteiger charge is -2.54. The van der Waals surface area contributed by atoms with E-state index < -0.39 is 47.7 Å². The summed E-state index contributed by atoms with van der Waals surface area (Å²) >= 11 is 0. The zero-order valence-corrected chi connectivity index (χ0v) is 22.9. The molecule has 0 radical (unpaired) electrons. The zero-order chi connectivity index (χ0) is 28.9. The molecule has 2 aromatic rings. The largest absolute Gasteiger partial charge is 0.479 e. The second-order valence-electron chi connectivity index (χ2n) is 12.0. The predicted molar refractivity (Wildman–Crippen MR) is 142 cm³/mol. The van der Waals surface area contributed by atoms with Crippen molar-refractivity contribution in [2.75, 3.05) is 19.7 Å². The van der Waals surface area contributed by atoms with Crippen molar-refractivity contribution in [1.82, 2.24) is 9.80 Å². The fourth-order valence-electron chi connectivity index (χ4n) is 6.13. The van der Waals surface area contributed by atoms with Gasteiger partial charge in [0.2, 0.25) is 5.92 Å². The Kier molecular flexibility index (Phi) is 7.00. The van der Waals surface area contributed by atoms with Gasteiger partial charge in [0.15, 0.2) is 5.54 Å². The van der Waals surface area contributed by atoms with Crippen LogP contribution in [0.25, 0.3) is 11.1 Å². The van der Waals surface area contributed by atoms with Crippen LogP contribution in [-0.4, -0.2) is 75.9 Å². The lowest BCUT2D eigenvalue weighted by molar-refractivity contribution is -0.169. The first-order valence-electron chi connectivity index (χ1n) is 13.5. The van der Waals surface area contributed by atoms with Crippen molar-refractivity contribution in [3.05, 3.63) is 59.7 Å². The topological polar surface area (TPSA) is 96.4 Å².